The van der Waals surface area contributed by atoms with Gasteiger partial charge in [-0.1, -0.05) is 41.7 Å². The Balaban J connectivity index is 1.70. The number of carbonyl (C=O) groups is 1. The van der Waals surface area contributed by atoms with Gasteiger partial charge in [-0.15, -0.1) is 0 Å². The molecule has 7 heteroatoms. The molecule has 1 fully saturated rings. The first-order valence-corrected chi connectivity index (χ1v) is 8.75. The summed E-state index contributed by atoms with van der Waals surface area (Å²) in [6, 6.07) is 15.2. The molecule has 0 saturated carbocycles. The van der Waals surface area contributed by atoms with E-state index in [1.165, 1.54) is 16.2 Å². The zero-order valence-corrected chi connectivity index (χ0v) is 14.9. The zero-order valence-electron chi connectivity index (χ0n) is 13.2. The van der Waals surface area contributed by atoms with Crippen LogP contribution in [-0.2, 0) is 4.79 Å². The Morgan fingerprint density at radius 3 is 2.80 bits per heavy atom. The lowest BCUT2D eigenvalue weighted by Gasteiger charge is -2.08. The highest BCUT2D eigenvalue weighted by Crippen LogP contribution is 2.33. The van der Waals surface area contributed by atoms with Gasteiger partial charge in [-0.05, 0) is 42.1 Å². The number of thiazole rings is 1. The van der Waals surface area contributed by atoms with Gasteiger partial charge in [0.05, 0.1) is 17.3 Å². The molecule has 0 aliphatic carbocycles. The molecule has 2 heterocycles. The number of fused-ring (bicyclic) bond motifs is 1. The molecule has 4 rings (SSSR count). The number of nitrogens with zero attached hydrogens (tertiary/aromatic N) is 2. The van der Waals surface area contributed by atoms with Crippen LogP contribution in [0.15, 0.2) is 54.2 Å². The van der Waals surface area contributed by atoms with Crippen molar-refractivity contribution in [3.8, 4) is 5.75 Å². The molecule has 1 N–H and O–H groups in total. The number of amides is 1. The predicted octanol–water partition coefficient (Wildman–Crippen LogP) is 3.57. The number of hydrogen-bond acceptors (Lipinski definition) is 5. The molecule has 1 aliphatic heterocycles. The molecule has 3 aromatic rings. The Kier molecular flexibility index (Phi) is 3.95. The number of benzene rings is 2. The molecule has 1 amide bonds. The van der Waals surface area contributed by atoms with E-state index in [0.717, 1.165) is 21.5 Å². The van der Waals surface area contributed by atoms with Crippen LogP contribution in [0.2, 0.25) is 0 Å². The lowest BCUT2D eigenvalue weighted by molar-refractivity contribution is -0.113. The Labute approximate surface area is 153 Å². The van der Waals surface area contributed by atoms with Crippen molar-refractivity contribution >= 4 is 56.0 Å². The fourth-order valence-corrected chi connectivity index (χ4v) is 3.88. The second kappa shape index (κ2) is 6.27. The third-order valence-electron chi connectivity index (χ3n) is 3.76. The van der Waals surface area contributed by atoms with E-state index in [1.807, 2.05) is 48.5 Å². The number of aromatic nitrogens is 1. The summed E-state index contributed by atoms with van der Waals surface area (Å²) in [4.78, 5) is 18.7. The summed E-state index contributed by atoms with van der Waals surface area (Å²) in [7, 11) is 1.62. The molecular formula is C18H13N3O2S2. The largest absolute Gasteiger partial charge is 0.497 e. The summed E-state index contributed by atoms with van der Waals surface area (Å²) < 4.78 is 6.17. The molecule has 1 aliphatic rings. The van der Waals surface area contributed by atoms with Crippen molar-refractivity contribution < 1.29 is 9.53 Å². The van der Waals surface area contributed by atoms with Gasteiger partial charge in [0.25, 0.3) is 5.91 Å². The van der Waals surface area contributed by atoms with Crippen molar-refractivity contribution in [1.29, 1.82) is 0 Å². The van der Waals surface area contributed by atoms with E-state index in [9.17, 15) is 4.79 Å². The summed E-state index contributed by atoms with van der Waals surface area (Å²) in [5, 5.41) is 3.85. The molecule has 0 radical (unpaired) electrons. The van der Waals surface area contributed by atoms with Gasteiger partial charge >= 0.3 is 0 Å². The number of nitrogens with one attached hydrogen (secondary N) is 1. The van der Waals surface area contributed by atoms with Crippen LogP contribution < -0.4 is 15.0 Å². The number of ether oxygens (including phenoxy) is 1. The predicted molar refractivity (Wildman–Crippen MR) is 104 cm³/mol. The fourth-order valence-electron chi connectivity index (χ4n) is 2.54. The van der Waals surface area contributed by atoms with Gasteiger partial charge in [0.2, 0.25) is 0 Å². The second-order valence-corrected chi connectivity index (χ2v) is 6.77. The van der Waals surface area contributed by atoms with Crippen LogP contribution in [-0.4, -0.2) is 23.1 Å². The van der Waals surface area contributed by atoms with E-state index >= 15 is 0 Å². The first-order valence-electron chi connectivity index (χ1n) is 7.52. The van der Waals surface area contributed by atoms with E-state index in [-0.39, 0.29) is 5.91 Å². The maximum Gasteiger partial charge on any atom is 0.282 e. The standard InChI is InChI=1S/C18H13N3O2S2/c1-23-12-7-8-13-15(10-12)25-18(20-13)21-16(22)14(19-17(21)24)9-11-5-3-2-4-6-11/h2-10H,1H3,(H,19,24)/b14-9-. The van der Waals surface area contributed by atoms with Gasteiger partial charge in [0.1, 0.15) is 11.4 Å². The van der Waals surface area contributed by atoms with Crippen LogP contribution >= 0.6 is 23.6 Å². The Morgan fingerprint density at radius 2 is 2.04 bits per heavy atom. The maximum atomic E-state index is 12.8. The lowest BCUT2D eigenvalue weighted by Crippen LogP contribution is -2.30. The number of thiocarbonyl (C=S) groups is 1. The van der Waals surface area contributed by atoms with Gasteiger partial charge in [0, 0.05) is 0 Å². The Morgan fingerprint density at radius 1 is 1.24 bits per heavy atom. The average Bonchev–Trinajstić information content (AvgIpc) is 3.15. The van der Waals surface area contributed by atoms with Crippen LogP contribution in [0, 0.1) is 0 Å². The van der Waals surface area contributed by atoms with Gasteiger partial charge < -0.3 is 10.1 Å². The van der Waals surface area contributed by atoms with Crippen molar-refractivity contribution in [2.75, 3.05) is 12.0 Å². The smallest absolute Gasteiger partial charge is 0.282 e. The third-order valence-corrected chi connectivity index (χ3v) is 5.05. The molecule has 0 atom stereocenters. The molecule has 0 bridgehead atoms. The molecule has 0 unspecified atom stereocenters. The van der Waals surface area contributed by atoms with Gasteiger partial charge in [-0.25, -0.2) is 9.88 Å². The molecule has 25 heavy (non-hydrogen) atoms. The van der Waals surface area contributed by atoms with Crippen molar-refractivity contribution in [1.82, 2.24) is 10.3 Å². The summed E-state index contributed by atoms with van der Waals surface area (Å²) in [6.45, 7) is 0. The minimum absolute atomic E-state index is 0.208. The second-order valence-electron chi connectivity index (χ2n) is 5.37. The number of hydrogen-bond donors (Lipinski definition) is 1. The minimum Gasteiger partial charge on any atom is -0.497 e. The van der Waals surface area contributed by atoms with E-state index < -0.39 is 0 Å². The normalized spacial score (nSPS) is 15.9. The summed E-state index contributed by atoms with van der Waals surface area (Å²) in [6.07, 6.45) is 1.78. The zero-order chi connectivity index (χ0) is 17.4. The molecule has 0 spiro atoms. The fraction of sp³-hybridized carbons (Fsp3) is 0.0556. The number of rotatable bonds is 3. The Hall–Kier alpha value is -2.77. The van der Waals surface area contributed by atoms with Crippen LogP contribution in [0.25, 0.3) is 16.3 Å². The molecule has 124 valence electrons. The minimum atomic E-state index is -0.208. The molecule has 1 aromatic heterocycles. The first-order chi connectivity index (χ1) is 12.2. The SMILES string of the molecule is COc1ccc2nc(N3C(=O)/C(=C/c4ccccc4)NC3=S)sc2c1. The van der Waals surface area contributed by atoms with Crippen molar-refractivity contribution in [2.24, 2.45) is 0 Å². The summed E-state index contributed by atoms with van der Waals surface area (Å²) >= 11 is 6.74. The van der Waals surface area contributed by atoms with Gasteiger partial charge in [-0.3, -0.25) is 4.79 Å². The van der Waals surface area contributed by atoms with Crippen LogP contribution in [0.4, 0.5) is 5.13 Å². The van der Waals surface area contributed by atoms with Gasteiger partial charge in [0.15, 0.2) is 10.2 Å². The molecule has 2 aromatic carbocycles. The monoisotopic (exact) mass is 367 g/mol. The van der Waals surface area contributed by atoms with Crippen LogP contribution in [0.5, 0.6) is 5.75 Å². The topological polar surface area (TPSA) is 54.5 Å². The van der Waals surface area contributed by atoms with Crippen molar-refractivity contribution in [3.63, 3.8) is 0 Å². The van der Waals surface area contributed by atoms with Crippen molar-refractivity contribution in [3.05, 3.63) is 59.8 Å². The van der Waals surface area contributed by atoms with E-state index in [0.29, 0.717) is 15.9 Å². The molecule has 1 saturated heterocycles. The number of anilines is 1. The molecule has 5 nitrogen and oxygen atoms in total. The number of carbonyl (C=O) groups excluding carboxylic acids is 1. The van der Waals surface area contributed by atoms with E-state index in [1.54, 1.807) is 13.2 Å². The van der Waals surface area contributed by atoms with E-state index in [2.05, 4.69) is 10.3 Å². The van der Waals surface area contributed by atoms with Crippen LogP contribution in [0.3, 0.4) is 0 Å². The van der Waals surface area contributed by atoms with Crippen molar-refractivity contribution in [2.45, 2.75) is 0 Å². The Bertz CT molecular complexity index is 1010. The highest BCUT2D eigenvalue weighted by molar-refractivity contribution is 7.80. The lowest BCUT2D eigenvalue weighted by atomic mass is 10.2. The van der Waals surface area contributed by atoms with Crippen LogP contribution in [0.1, 0.15) is 5.56 Å². The third kappa shape index (κ3) is 2.88. The molecular weight excluding hydrogens is 354 g/mol. The number of methoxy groups -OCH3 is 1. The highest BCUT2D eigenvalue weighted by Gasteiger charge is 2.34. The average molecular weight is 367 g/mol. The highest BCUT2D eigenvalue weighted by atomic mass is 32.1. The quantitative estimate of drug-likeness (QED) is 0.567. The maximum absolute atomic E-state index is 12.8. The summed E-state index contributed by atoms with van der Waals surface area (Å²) in [5.74, 6) is 0.542. The van der Waals surface area contributed by atoms with Gasteiger partial charge in [-0.2, -0.15) is 0 Å². The van der Waals surface area contributed by atoms with E-state index in [4.69, 9.17) is 17.0 Å². The summed E-state index contributed by atoms with van der Waals surface area (Å²) in [5.41, 5.74) is 2.17. The first kappa shape index (κ1) is 15.7.